The third-order valence-electron chi connectivity index (χ3n) is 2.41. The number of amides is 1. The van der Waals surface area contributed by atoms with Gasteiger partial charge < -0.3 is 5.32 Å². The second kappa shape index (κ2) is 7.38. The summed E-state index contributed by atoms with van der Waals surface area (Å²) in [5, 5.41) is 13.6. The van der Waals surface area contributed by atoms with Crippen molar-refractivity contribution in [2.45, 2.75) is 26.2 Å². The number of carbonyl (C=O) groups is 1. The lowest BCUT2D eigenvalue weighted by atomic mass is 10.0. The molecule has 0 saturated heterocycles. The van der Waals surface area contributed by atoms with Gasteiger partial charge in [-0.3, -0.25) is 4.79 Å². The minimum atomic E-state index is -0.163. The van der Waals surface area contributed by atoms with Crippen LogP contribution in [0.5, 0.6) is 0 Å². The Bertz CT molecular complexity index is 296. The Kier molecular flexibility index (Phi) is 6.07. The summed E-state index contributed by atoms with van der Waals surface area (Å²) in [4.78, 5) is 11.6. The van der Waals surface area contributed by atoms with E-state index in [0.717, 1.165) is 24.6 Å². The molecular formula is C10H17BrN4O. The second-order valence-corrected chi connectivity index (χ2v) is 4.49. The highest BCUT2D eigenvalue weighted by molar-refractivity contribution is 9.09. The van der Waals surface area contributed by atoms with Gasteiger partial charge in [-0.1, -0.05) is 29.3 Å². The zero-order valence-electron chi connectivity index (χ0n) is 9.37. The molecule has 1 rings (SSSR count). The molecule has 1 heterocycles. The van der Waals surface area contributed by atoms with Crippen molar-refractivity contribution in [2.24, 2.45) is 5.92 Å². The lowest BCUT2D eigenvalue weighted by Crippen LogP contribution is -2.29. The molecule has 1 amide bonds. The normalized spacial score (nSPS) is 12.4. The van der Waals surface area contributed by atoms with Crippen LogP contribution in [0.2, 0.25) is 0 Å². The van der Waals surface area contributed by atoms with Crippen LogP contribution in [0.4, 0.5) is 0 Å². The first kappa shape index (κ1) is 13.2. The molecule has 0 spiro atoms. The lowest BCUT2D eigenvalue weighted by Gasteiger charge is -2.14. The van der Waals surface area contributed by atoms with Gasteiger partial charge in [0.25, 0.3) is 5.91 Å². The number of carbonyl (C=O) groups excluding carboxylic acids is 1. The quantitative estimate of drug-likeness (QED) is 0.751. The number of hydrogen-bond acceptors (Lipinski definition) is 3. The molecule has 16 heavy (non-hydrogen) atoms. The molecule has 0 fully saturated rings. The number of hydrogen-bond donors (Lipinski definition) is 2. The SMILES string of the molecule is CCCC(CCBr)CNC(=O)c1cn[nH]n1. The smallest absolute Gasteiger partial charge is 0.273 e. The highest BCUT2D eigenvalue weighted by Crippen LogP contribution is 2.11. The monoisotopic (exact) mass is 288 g/mol. The molecule has 6 heteroatoms. The van der Waals surface area contributed by atoms with Gasteiger partial charge in [-0.15, -0.1) is 0 Å². The first-order valence-electron chi connectivity index (χ1n) is 5.47. The van der Waals surface area contributed by atoms with Crippen LogP contribution in [-0.2, 0) is 0 Å². The summed E-state index contributed by atoms with van der Waals surface area (Å²) in [6.07, 6.45) is 4.77. The summed E-state index contributed by atoms with van der Waals surface area (Å²) in [6, 6.07) is 0. The minimum Gasteiger partial charge on any atom is -0.350 e. The summed E-state index contributed by atoms with van der Waals surface area (Å²) in [7, 11) is 0. The van der Waals surface area contributed by atoms with E-state index < -0.39 is 0 Å². The number of aromatic amines is 1. The van der Waals surface area contributed by atoms with E-state index in [1.54, 1.807) is 0 Å². The van der Waals surface area contributed by atoms with Gasteiger partial charge in [0, 0.05) is 11.9 Å². The highest BCUT2D eigenvalue weighted by atomic mass is 79.9. The van der Waals surface area contributed by atoms with E-state index in [-0.39, 0.29) is 5.91 Å². The van der Waals surface area contributed by atoms with E-state index in [4.69, 9.17) is 0 Å². The van der Waals surface area contributed by atoms with Crippen LogP contribution < -0.4 is 5.32 Å². The molecule has 0 aromatic carbocycles. The van der Waals surface area contributed by atoms with Crippen LogP contribution in [0.15, 0.2) is 6.20 Å². The largest absolute Gasteiger partial charge is 0.350 e. The topological polar surface area (TPSA) is 70.7 Å². The first-order valence-corrected chi connectivity index (χ1v) is 6.60. The maximum atomic E-state index is 11.6. The second-order valence-electron chi connectivity index (χ2n) is 3.70. The molecule has 0 bridgehead atoms. The van der Waals surface area contributed by atoms with E-state index >= 15 is 0 Å². The zero-order valence-corrected chi connectivity index (χ0v) is 11.0. The number of alkyl halides is 1. The molecule has 1 unspecified atom stereocenters. The fourth-order valence-corrected chi connectivity index (χ4v) is 2.20. The Hall–Kier alpha value is -0.910. The summed E-state index contributed by atoms with van der Waals surface area (Å²) in [5.41, 5.74) is 0.342. The number of nitrogens with zero attached hydrogens (tertiary/aromatic N) is 2. The van der Waals surface area contributed by atoms with E-state index in [9.17, 15) is 4.79 Å². The fraction of sp³-hybridized carbons (Fsp3) is 0.700. The van der Waals surface area contributed by atoms with Crippen LogP contribution >= 0.6 is 15.9 Å². The fourth-order valence-electron chi connectivity index (χ4n) is 1.55. The maximum Gasteiger partial charge on any atom is 0.273 e. The number of H-pyrrole nitrogens is 1. The van der Waals surface area contributed by atoms with Gasteiger partial charge >= 0.3 is 0 Å². The van der Waals surface area contributed by atoms with Crippen molar-refractivity contribution in [3.8, 4) is 0 Å². The van der Waals surface area contributed by atoms with Crippen molar-refractivity contribution in [1.82, 2.24) is 20.7 Å². The molecule has 2 N–H and O–H groups in total. The maximum absolute atomic E-state index is 11.6. The molecule has 5 nitrogen and oxygen atoms in total. The van der Waals surface area contributed by atoms with Crippen molar-refractivity contribution in [1.29, 1.82) is 0 Å². The van der Waals surface area contributed by atoms with E-state index in [2.05, 4.69) is 43.6 Å². The van der Waals surface area contributed by atoms with Gasteiger partial charge in [0.15, 0.2) is 5.69 Å². The molecule has 0 aliphatic rings. The Morgan fingerprint density at radius 3 is 3.00 bits per heavy atom. The summed E-state index contributed by atoms with van der Waals surface area (Å²) in [5.74, 6) is 0.365. The van der Waals surface area contributed by atoms with Gasteiger partial charge in [-0.2, -0.15) is 15.4 Å². The Morgan fingerprint density at radius 1 is 1.62 bits per heavy atom. The minimum absolute atomic E-state index is 0.163. The molecule has 1 atom stereocenters. The van der Waals surface area contributed by atoms with Gasteiger partial charge in [0.05, 0.1) is 6.20 Å². The highest BCUT2D eigenvalue weighted by Gasteiger charge is 2.12. The van der Waals surface area contributed by atoms with E-state index in [1.807, 2.05) is 0 Å². The van der Waals surface area contributed by atoms with E-state index in [1.165, 1.54) is 6.20 Å². The van der Waals surface area contributed by atoms with Crippen molar-refractivity contribution in [3.63, 3.8) is 0 Å². The predicted octanol–water partition coefficient (Wildman–Crippen LogP) is 1.74. The molecule has 0 saturated carbocycles. The standard InChI is InChI=1S/C10H17BrN4O/c1-2-3-8(4-5-11)6-12-10(16)9-7-13-15-14-9/h7-8H,2-6H2,1H3,(H,12,16)(H,13,14,15). The average Bonchev–Trinajstić information content (AvgIpc) is 2.79. The molecule has 0 radical (unpaired) electrons. The van der Waals surface area contributed by atoms with Gasteiger partial charge in [-0.25, -0.2) is 0 Å². The first-order chi connectivity index (χ1) is 7.77. The Balaban J connectivity index is 2.34. The molecule has 0 aliphatic heterocycles. The molecule has 1 aromatic heterocycles. The van der Waals surface area contributed by atoms with Crippen LogP contribution in [0.1, 0.15) is 36.7 Å². The summed E-state index contributed by atoms with van der Waals surface area (Å²) in [6.45, 7) is 2.85. The van der Waals surface area contributed by atoms with Crippen LogP contribution in [0, 0.1) is 5.92 Å². The number of halogens is 1. The van der Waals surface area contributed by atoms with Crippen molar-refractivity contribution >= 4 is 21.8 Å². The lowest BCUT2D eigenvalue weighted by molar-refractivity contribution is 0.0941. The van der Waals surface area contributed by atoms with Crippen LogP contribution in [0.3, 0.4) is 0 Å². The van der Waals surface area contributed by atoms with Gasteiger partial charge in [0.2, 0.25) is 0 Å². The molecule has 0 aliphatic carbocycles. The summed E-state index contributed by atoms with van der Waals surface area (Å²) >= 11 is 3.43. The van der Waals surface area contributed by atoms with E-state index in [0.29, 0.717) is 18.2 Å². The number of aromatic nitrogens is 3. The van der Waals surface area contributed by atoms with Crippen LogP contribution in [-0.4, -0.2) is 33.2 Å². The summed E-state index contributed by atoms with van der Waals surface area (Å²) < 4.78 is 0. The molecular weight excluding hydrogens is 272 g/mol. The number of nitrogens with one attached hydrogen (secondary N) is 2. The average molecular weight is 289 g/mol. The zero-order chi connectivity index (χ0) is 11.8. The third kappa shape index (κ3) is 4.30. The van der Waals surface area contributed by atoms with Gasteiger partial charge in [0.1, 0.15) is 0 Å². The third-order valence-corrected chi connectivity index (χ3v) is 2.87. The Labute approximate surface area is 104 Å². The molecule has 90 valence electrons. The van der Waals surface area contributed by atoms with Gasteiger partial charge in [-0.05, 0) is 18.8 Å². The van der Waals surface area contributed by atoms with Crippen molar-refractivity contribution < 1.29 is 4.79 Å². The van der Waals surface area contributed by atoms with Crippen molar-refractivity contribution in [3.05, 3.63) is 11.9 Å². The number of rotatable bonds is 7. The Morgan fingerprint density at radius 2 is 2.44 bits per heavy atom. The van der Waals surface area contributed by atoms with Crippen molar-refractivity contribution in [2.75, 3.05) is 11.9 Å². The van der Waals surface area contributed by atoms with Crippen LogP contribution in [0.25, 0.3) is 0 Å². The molecule has 1 aromatic rings. The predicted molar refractivity (Wildman–Crippen MR) is 65.5 cm³/mol.